The monoisotopic (exact) mass is 312 g/mol. The molecule has 0 aliphatic heterocycles. The minimum absolute atomic E-state index is 0.138. The second-order valence-electron chi connectivity index (χ2n) is 5.24. The smallest absolute Gasteiger partial charge is 0.315 e. The van der Waals surface area contributed by atoms with E-state index < -0.39 is 0 Å². The Kier molecular flexibility index (Phi) is 5.58. The highest BCUT2D eigenvalue weighted by molar-refractivity contribution is 7.15. The highest BCUT2D eigenvalue weighted by atomic mass is 32.1. The maximum Gasteiger partial charge on any atom is 0.315 e. The Labute approximate surface area is 130 Å². The molecule has 5 nitrogen and oxygen atoms in total. The molecule has 0 bridgehead atoms. The zero-order valence-corrected chi connectivity index (χ0v) is 14.0. The van der Waals surface area contributed by atoms with Crippen molar-refractivity contribution in [2.75, 3.05) is 31.8 Å². The Morgan fingerprint density at radius 1 is 1.52 bits per heavy atom. The number of thiazole rings is 1. The van der Waals surface area contributed by atoms with Gasteiger partial charge in [0.1, 0.15) is 5.92 Å². The van der Waals surface area contributed by atoms with Crippen molar-refractivity contribution in [1.29, 1.82) is 0 Å². The number of ether oxygens (including phenoxy) is 2. The summed E-state index contributed by atoms with van der Waals surface area (Å²) >= 11 is 1.70. The minimum atomic E-state index is -0.179. The zero-order valence-electron chi connectivity index (χ0n) is 13.2. The van der Waals surface area contributed by atoms with Crippen molar-refractivity contribution in [3.8, 4) is 0 Å². The van der Waals surface area contributed by atoms with Crippen molar-refractivity contribution < 1.29 is 14.3 Å². The highest BCUT2D eigenvalue weighted by Crippen LogP contribution is 2.40. The molecule has 2 rings (SSSR count). The highest BCUT2D eigenvalue weighted by Gasteiger charge is 2.34. The molecule has 0 saturated carbocycles. The van der Waals surface area contributed by atoms with Crippen LogP contribution in [0.15, 0.2) is 0 Å². The number of carbonyl (C=O) groups is 1. The van der Waals surface area contributed by atoms with Gasteiger partial charge < -0.3 is 14.4 Å². The molecule has 2 atom stereocenters. The first-order chi connectivity index (χ1) is 10.1. The van der Waals surface area contributed by atoms with Gasteiger partial charge in [-0.25, -0.2) is 4.98 Å². The van der Waals surface area contributed by atoms with E-state index in [0.29, 0.717) is 13.2 Å². The number of methoxy groups -OCH3 is 1. The van der Waals surface area contributed by atoms with Gasteiger partial charge in [0, 0.05) is 18.5 Å². The predicted molar refractivity (Wildman–Crippen MR) is 84.2 cm³/mol. The quantitative estimate of drug-likeness (QED) is 0.724. The van der Waals surface area contributed by atoms with Gasteiger partial charge in [0.05, 0.1) is 24.9 Å². The van der Waals surface area contributed by atoms with E-state index >= 15 is 0 Å². The fraction of sp³-hybridized carbons (Fsp3) is 0.733. The van der Waals surface area contributed by atoms with E-state index in [1.54, 1.807) is 18.4 Å². The average molecular weight is 312 g/mol. The van der Waals surface area contributed by atoms with Crippen LogP contribution in [0.2, 0.25) is 0 Å². The summed E-state index contributed by atoms with van der Waals surface area (Å²) in [5, 5.41) is 0.987. The molecule has 1 aliphatic rings. The Balaban J connectivity index is 2.18. The number of hydrogen-bond acceptors (Lipinski definition) is 6. The standard InChI is InChI=1S/C15H24N2O3S/c1-5-17(10(3)9-19-4)15-16-13-11(14(18)20-6-2)7-8-12(13)21-15/h10-11H,5-9H2,1-4H3. The van der Waals surface area contributed by atoms with Crippen LogP contribution in [0.3, 0.4) is 0 Å². The molecule has 0 saturated heterocycles. The van der Waals surface area contributed by atoms with Crippen LogP contribution in [0.1, 0.15) is 43.7 Å². The fourth-order valence-corrected chi connectivity index (χ4v) is 4.08. The van der Waals surface area contributed by atoms with Crippen LogP contribution in [-0.2, 0) is 20.7 Å². The van der Waals surface area contributed by atoms with Gasteiger partial charge in [0.25, 0.3) is 0 Å². The Morgan fingerprint density at radius 3 is 2.90 bits per heavy atom. The maximum absolute atomic E-state index is 12.0. The molecule has 0 amide bonds. The number of rotatable bonds is 7. The number of likely N-dealkylation sites (N-methyl/N-ethyl adjacent to an activating group) is 1. The summed E-state index contributed by atoms with van der Waals surface area (Å²) in [6, 6.07) is 0.271. The van der Waals surface area contributed by atoms with Crippen LogP contribution in [0, 0.1) is 0 Å². The van der Waals surface area contributed by atoms with Gasteiger partial charge in [0.2, 0.25) is 0 Å². The van der Waals surface area contributed by atoms with Gasteiger partial charge in [-0.2, -0.15) is 0 Å². The van der Waals surface area contributed by atoms with E-state index in [4.69, 9.17) is 14.5 Å². The topological polar surface area (TPSA) is 51.7 Å². The normalized spacial score (nSPS) is 18.4. The van der Waals surface area contributed by atoms with Crippen molar-refractivity contribution in [2.45, 2.75) is 45.6 Å². The summed E-state index contributed by atoms with van der Waals surface area (Å²) < 4.78 is 10.4. The first kappa shape index (κ1) is 16.2. The van der Waals surface area contributed by atoms with Gasteiger partial charge in [-0.3, -0.25) is 4.79 Å². The number of esters is 1. The molecule has 0 radical (unpaired) electrons. The fourth-order valence-electron chi connectivity index (χ4n) is 2.78. The van der Waals surface area contributed by atoms with Crippen LogP contribution < -0.4 is 4.90 Å². The minimum Gasteiger partial charge on any atom is -0.465 e. The SMILES string of the molecule is CCOC(=O)C1CCc2sc(N(CC)C(C)COC)nc21. The van der Waals surface area contributed by atoms with Crippen LogP contribution >= 0.6 is 11.3 Å². The zero-order chi connectivity index (χ0) is 15.4. The van der Waals surface area contributed by atoms with Crippen LogP contribution in [0.5, 0.6) is 0 Å². The lowest BCUT2D eigenvalue weighted by Gasteiger charge is -2.27. The third-order valence-electron chi connectivity index (χ3n) is 3.80. The number of hydrogen-bond donors (Lipinski definition) is 0. The number of aryl methyl sites for hydroxylation is 1. The van der Waals surface area contributed by atoms with E-state index in [0.717, 1.165) is 30.2 Å². The molecule has 0 aromatic carbocycles. The number of anilines is 1. The summed E-state index contributed by atoms with van der Waals surface area (Å²) in [7, 11) is 1.71. The lowest BCUT2D eigenvalue weighted by atomic mass is 10.1. The molecular formula is C15H24N2O3S. The van der Waals surface area contributed by atoms with E-state index in [-0.39, 0.29) is 17.9 Å². The summed E-state index contributed by atoms with van der Waals surface area (Å²) in [4.78, 5) is 20.2. The molecular weight excluding hydrogens is 288 g/mol. The van der Waals surface area contributed by atoms with E-state index in [1.165, 1.54) is 4.88 Å². The molecule has 21 heavy (non-hydrogen) atoms. The maximum atomic E-state index is 12.0. The number of fused-ring (bicyclic) bond motifs is 1. The van der Waals surface area contributed by atoms with Crippen molar-refractivity contribution in [1.82, 2.24) is 4.98 Å². The summed E-state index contributed by atoms with van der Waals surface area (Å²) in [6.45, 7) is 8.04. The third kappa shape index (κ3) is 3.37. The average Bonchev–Trinajstić information content (AvgIpc) is 3.00. The van der Waals surface area contributed by atoms with Gasteiger partial charge in [-0.1, -0.05) is 0 Å². The third-order valence-corrected chi connectivity index (χ3v) is 4.97. The molecule has 0 fully saturated rings. The second kappa shape index (κ2) is 7.22. The number of carbonyl (C=O) groups excluding carboxylic acids is 1. The number of aromatic nitrogens is 1. The second-order valence-corrected chi connectivity index (χ2v) is 6.30. The molecule has 0 N–H and O–H groups in total. The van der Waals surface area contributed by atoms with Crippen molar-refractivity contribution in [3.05, 3.63) is 10.6 Å². The van der Waals surface area contributed by atoms with Gasteiger partial charge >= 0.3 is 5.97 Å². The molecule has 1 aromatic heterocycles. The first-order valence-electron chi connectivity index (χ1n) is 7.54. The Morgan fingerprint density at radius 2 is 2.29 bits per heavy atom. The van der Waals surface area contributed by atoms with E-state index in [1.807, 2.05) is 6.92 Å². The summed E-state index contributed by atoms with van der Waals surface area (Å²) in [5.74, 6) is -0.317. The van der Waals surface area contributed by atoms with E-state index in [9.17, 15) is 4.79 Å². The molecule has 1 heterocycles. The van der Waals surface area contributed by atoms with Gasteiger partial charge in [-0.05, 0) is 33.6 Å². The Hall–Kier alpha value is -1.14. The summed E-state index contributed by atoms with van der Waals surface area (Å²) in [6.07, 6.45) is 1.75. The molecule has 6 heteroatoms. The molecule has 0 spiro atoms. The molecule has 1 aromatic rings. The van der Waals surface area contributed by atoms with Crippen LogP contribution in [0.25, 0.3) is 0 Å². The molecule has 2 unspecified atom stereocenters. The van der Waals surface area contributed by atoms with Gasteiger partial charge in [0.15, 0.2) is 5.13 Å². The van der Waals surface area contributed by atoms with Crippen LogP contribution in [0.4, 0.5) is 5.13 Å². The van der Waals surface area contributed by atoms with Crippen LogP contribution in [-0.4, -0.2) is 43.9 Å². The van der Waals surface area contributed by atoms with Crippen molar-refractivity contribution in [3.63, 3.8) is 0 Å². The van der Waals surface area contributed by atoms with Crippen molar-refractivity contribution in [2.24, 2.45) is 0 Å². The first-order valence-corrected chi connectivity index (χ1v) is 8.35. The van der Waals surface area contributed by atoms with Crippen molar-refractivity contribution >= 4 is 22.4 Å². The summed E-state index contributed by atoms with van der Waals surface area (Å²) in [5.41, 5.74) is 0.927. The largest absolute Gasteiger partial charge is 0.465 e. The predicted octanol–water partition coefficient (Wildman–Crippen LogP) is 2.60. The molecule has 1 aliphatic carbocycles. The Bertz CT molecular complexity index is 489. The van der Waals surface area contributed by atoms with E-state index in [2.05, 4.69) is 18.7 Å². The molecule has 118 valence electrons. The lowest BCUT2D eigenvalue weighted by molar-refractivity contribution is -0.145. The lowest BCUT2D eigenvalue weighted by Crippen LogP contribution is -2.36. The van der Waals surface area contributed by atoms with Gasteiger partial charge in [-0.15, -0.1) is 11.3 Å². The number of nitrogens with zero attached hydrogens (tertiary/aromatic N) is 2.